The molecule has 0 radical (unpaired) electrons. The van der Waals surface area contributed by atoms with Crippen LogP contribution in [0.25, 0.3) is 0 Å². The van der Waals surface area contributed by atoms with E-state index in [1.807, 2.05) is 26.2 Å². The number of nitrogens with zero attached hydrogens (tertiary/aromatic N) is 4. The fourth-order valence-electron chi connectivity index (χ4n) is 5.15. The van der Waals surface area contributed by atoms with E-state index in [0.717, 1.165) is 63.6 Å². The first kappa shape index (κ1) is 29.2. The summed E-state index contributed by atoms with van der Waals surface area (Å²) in [4.78, 5) is 36.5. The Morgan fingerprint density at radius 2 is 1.51 bits per heavy atom. The maximum absolute atomic E-state index is 13.1. The van der Waals surface area contributed by atoms with Crippen LogP contribution in [0.1, 0.15) is 64.2 Å². The van der Waals surface area contributed by atoms with Crippen molar-refractivity contribution in [2.75, 3.05) is 50.1 Å². The minimum absolute atomic E-state index is 0.178. The van der Waals surface area contributed by atoms with E-state index >= 15 is 0 Å². The topological polar surface area (TPSA) is 123 Å². The molecule has 0 saturated heterocycles. The molecule has 3 rings (SSSR count). The van der Waals surface area contributed by atoms with Crippen LogP contribution in [0, 0.1) is 0 Å². The van der Waals surface area contributed by atoms with Gasteiger partial charge in [0.05, 0.1) is 0 Å². The smallest absolute Gasteiger partial charge is 0.333 e. The van der Waals surface area contributed by atoms with E-state index in [1.54, 1.807) is 12.4 Å². The molecule has 0 aliphatic heterocycles. The zero-order valence-electron chi connectivity index (χ0n) is 22.1. The molecule has 2 N–H and O–H groups in total. The van der Waals surface area contributed by atoms with E-state index < -0.39 is 21.2 Å². The van der Waals surface area contributed by atoms with E-state index in [4.69, 9.17) is 4.55 Å². The summed E-state index contributed by atoms with van der Waals surface area (Å²) in [6, 6.07) is 4.00. The van der Waals surface area contributed by atoms with Crippen molar-refractivity contribution < 1.29 is 13.0 Å². The zero-order chi connectivity index (χ0) is 26.8. The van der Waals surface area contributed by atoms with Gasteiger partial charge < -0.3 is 14.7 Å². The molecule has 2 aromatic rings. The SMILES string of the molecule is CN(C)CCCN(CCCCCCNS(=O)(=O)O)c1c(N(c2ccncc2)C2CCCCC2)c(=O)c1=O. The first-order valence-electron chi connectivity index (χ1n) is 13.3. The third-order valence-corrected chi connectivity index (χ3v) is 7.54. The predicted molar refractivity (Wildman–Crippen MR) is 148 cm³/mol. The molecule has 206 valence electrons. The Balaban J connectivity index is 1.78. The molecule has 1 fully saturated rings. The van der Waals surface area contributed by atoms with E-state index in [2.05, 4.69) is 24.4 Å². The van der Waals surface area contributed by atoms with Gasteiger partial charge in [-0.2, -0.15) is 13.1 Å². The van der Waals surface area contributed by atoms with Gasteiger partial charge in [-0.1, -0.05) is 32.1 Å². The molecular weight excluding hydrogens is 494 g/mol. The van der Waals surface area contributed by atoms with Crippen LogP contribution in [0.15, 0.2) is 34.1 Å². The summed E-state index contributed by atoms with van der Waals surface area (Å²) in [6.07, 6.45) is 12.7. The second-order valence-corrected chi connectivity index (χ2v) is 11.4. The number of rotatable bonds is 16. The van der Waals surface area contributed by atoms with Crippen LogP contribution in [0.3, 0.4) is 0 Å². The van der Waals surface area contributed by atoms with Crippen molar-refractivity contribution in [1.82, 2.24) is 14.6 Å². The number of anilines is 3. The standard InChI is InChI=1S/C26H41N5O5S/c1-29(2)18-10-20-30(19-9-4-3-8-15-28-37(34,35)36)23-24(26(33)25(23)32)31(21-11-6-5-7-12-21)22-13-16-27-17-14-22/h13-14,16-17,21,28H,3-12,15,18-20H2,1-2H3,(H,34,35,36). The van der Waals surface area contributed by atoms with Gasteiger partial charge in [-0.3, -0.25) is 19.1 Å². The quantitative estimate of drug-likeness (QED) is 0.190. The van der Waals surface area contributed by atoms with Crippen LogP contribution in [0.4, 0.5) is 17.1 Å². The van der Waals surface area contributed by atoms with Crippen LogP contribution in [-0.4, -0.2) is 69.2 Å². The molecule has 1 aliphatic carbocycles. The third-order valence-electron chi connectivity index (χ3n) is 6.97. The number of pyridine rings is 1. The fraction of sp³-hybridized carbons (Fsp3) is 0.654. The summed E-state index contributed by atoms with van der Waals surface area (Å²) in [5, 5.41) is 0. The molecule has 1 aromatic carbocycles. The van der Waals surface area contributed by atoms with Gasteiger partial charge in [-0.15, -0.1) is 0 Å². The molecule has 10 nitrogen and oxygen atoms in total. The van der Waals surface area contributed by atoms with Crippen molar-refractivity contribution in [3.05, 3.63) is 45.0 Å². The Hall–Kier alpha value is -2.34. The van der Waals surface area contributed by atoms with Gasteiger partial charge in [0, 0.05) is 43.8 Å². The lowest BCUT2D eigenvalue weighted by atomic mass is 9.92. The fourth-order valence-corrected chi connectivity index (χ4v) is 5.55. The number of unbranched alkanes of at least 4 members (excludes halogenated alkanes) is 3. The van der Waals surface area contributed by atoms with Crippen LogP contribution >= 0.6 is 0 Å². The van der Waals surface area contributed by atoms with E-state index in [1.165, 1.54) is 6.42 Å². The first-order valence-corrected chi connectivity index (χ1v) is 14.8. The Morgan fingerprint density at radius 3 is 2.16 bits per heavy atom. The zero-order valence-corrected chi connectivity index (χ0v) is 22.9. The Bertz CT molecular complexity index is 1140. The first-order chi connectivity index (χ1) is 17.7. The highest BCUT2D eigenvalue weighted by molar-refractivity contribution is 7.83. The van der Waals surface area contributed by atoms with Crippen LogP contribution in [0.2, 0.25) is 0 Å². The lowest BCUT2D eigenvalue weighted by Gasteiger charge is -2.39. The average molecular weight is 536 g/mol. The van der Waals surface area contributed by atoms with Crippen molar-refractivity contribution in [2.24, 2.45) is 0 Å². The van der Waals surface area contributed by atoms with Crippen LogP contribution < -0.4 is 25.4 Å². The molecular formula is C26H41N5O5S. The normalized spacial score (nSPS) is 14.9. The molecule has 0 spiro atoms. The van der Waals surface area contributed by atoms with Crippen LogP contribution in [0.5, 0.6) is 0 Å². The third kappa shape index (κ3) is 8.59. The highest BCUT2D eigenvalue weighted by Crippen LogP contribution is 2.37. The van der Waals surface area contributed by atoms with Gasteiger partial charge >= 0.3 is 10.3 Å². The molecule has 1 aromatic heterocycles. The van der Waals surface area contributed by atoms with Crippen molar-refractivity contribution >= 4 is 27.4 Å². The highest BCUT2D eigenvalue weighted by atomic mass is 32.2. The maximum atomic E-state index is 13.1. The van der Waals surface area contributed by atoms with Crippen molar-refractivity contribution in [2.45, 2.75) is 70.3 Å². The Labute approximate surface area is 220 Å². The molecule has 0 unspecified atom stereocenters. The molecule has 1 heterocycles. The number of hydrogen-bond acceptors (Lipinski definition) is 8. The maximum Gasteiger partial charge on any atom is 0.333 e. The Kier molecular flexibility index (Phi) is 11.0. The number of nitrogens with one attached hydrogen (secondary N) is 1. The van der Waals surface area contributed by atoms with Crippen LogP contribution in [-0.2, 0) is 10.3 Å². The molecule has 0 atom stereocenters. The largest absolute Gasteiger partial charge is 0.366 e. The minimum atomic E-state index is -4.16. The van der Waals surface area contributed by atoms with Gasteiger partial charge in [0.25, 0.3) is 10.9 Å². The van der Waals surface area contributed by atoms with Crippen molar-refractivity contribution in [1.29, 1.82) is 0 Å². The summed E-state index contributed by atoms with van der Waals surface area (Å²) >= 11 is 0. The number of hydrogen-bond donors (Lipinski definition) is 2. The van der Waals surface area contributed by atoms with Gasteiger partial charge in [0.1, 0.15) is 11.4 Å². The van der Waals surface area contributed by atoms with Gasteiger partial charge in [-0.25, -0.2) is 0 Å². The monoisotopic (exact) mass is 535 g/mol. The summed E-state index contributed by atoms with van der Waals surface area (Å²) < 4.78 is 32.5. The van der Waals surface area contributed by atoms with E-state index in [0.29, 0.717) is 30.9 Å². The summed E-state index contributed by atoms with van der Waals surface area (Å²) in [5.74, 6) is 0. The molecule has 11 heteroatoms. The lowest BCUT2D eigenvalue weighted by Crippen LogP contribution is -2.48. The van der Waals surface area contributed by atoms with Gasteiger partial charge in [0.15, 0.2) is 0 Å². The summed E-state index contributed by atoms with van der Waals surface area (Å²) in [5.41, 5.74) is 1.12. The van der Waals surface area contributed by atoms with Crippen molar-refractivity contribution in [3.63, 3.8) is 0 Å². The summed E-state index contributed by atoms with van der Waals surface area (Å²) in [7, 11) is -0.127. The molecule has 1 aliphatic rings. The minimum Gasteiger partial charge on any atom is -0.366 e. The average Bonchev–Trinajstić information content (AvgIpc) is 2.87. The predicted octanol–water partition coefficient (Wildman–Crippen LogP) is 2.86. The molecule has 37 heavy (non-hydrogen) atoms. The second kappa shape index (κ2) is 14.0. The van der Waals surface area contributed by atoms with Gasteiger partial charge in [-0.05, 0) is 64.9 Å². The Morgan fingerprint density at radius 1 is 0.892 bits per heavy atom. The highest BCUT2D eigenvalue weighted by Gasteiger charge is 2.34. The number of aromatic nitrogens is 1. The van der Waals surface area contributed by atoms with E-state index in [-0.39, 0.29) is 12.6 Å². The lowest BCUT2D eigenvalue weighted by molar-refractivity contribution is 0.399. The molecule has 0 bridgehead atoms. The second-order valence-electron chi connectivity index (χ2n) is 10.2. The molecule has 0 amide bonds. The van der Waals surface area contributed by atoms with Gasteiger partial charge in [0.2, 0.25) is 0 Å². The molecule has 1 saturated carbocycles. The summed E-state index contributed by atoms with van der Waals surface area (Å²) in [6.45, 7) is 2.39. The van der Waals surface area contributed by atoms with Crippen molar-refractivity contribution in [3.8, 4) is 0 Å². The van der Waals surface area contributed by atoms with E-state index in [9.17, 15) is 18.0 Å².